The third-order valence-corrected chi connectivity index (χ3v) is 3.07. The molecular formula is C10H12BrNO2. The molecule has 0 aromatic heterocycles. The van der Waals surface area contributed by atoms with E-state index in [0.717, 1.165) is 27.9 Å². The Balaban J connectivity index is 2.51. The minimum atomic E-state index is -0.431. The lowest BCUT2D eigenvalue weighted by molar-refractivity contribution is 0.164. The SMILES string of the molecule is COc1cc(Br)c2c(c1)CNCC2O. The van der Waals surface area contributed by atoms with Crippen molar-refractivity contribution in [2.75, 3.05) is 13.7 Å². The van der Waals surface area contributed by atoms with E-state index in [1.165, 1.54) is 0 Å². The summed E-state index contributed by atoms with van der Waals surface area (Å²) < 4.78 is 6.07. The van der Waals surface area contributed by atoms with Crippen LogP contribution in [0.4, 0.5) is 0 Å². The van der Waals surface area contributed by atoms with Crippen molar-refractivity contribution in [3.63, 3.8) is 0 Å². The van der Waals surface area contributed by atoms with Crippen LogP contribution >= 0.6 is 15.9 Å². The van der Waals surface area contributed by atoms with E-state index in [9.17, 15) is 5.11 Å². The summed E-state index contributed by atoms with van der Waals surface area (Å²) in [5.41, 5.74) is 2.07. The second-order valence-electron chi connectivity index (χ2n) is 3.33. The van der Waals surface area contributed by atoms with Crippen LogP contribution < -0.4 is 10.1 Å². The van der Waals surface area contributed by atoms with Crippen molar-refractivity contribution in [2.24, 2.45) is 0 Å². The summed E-state index contributed by atoms with van der Waals surface area (Å²) >= 11 is 3.45. The number of nitrogens with one attached hydrogen (secondary N) is 1. The molecule has 3 nitrogen and oxygen atoms in total. The second kappa shape index (κ2) is 3.88. The number of ether oxygens (including phenoxy) is 1. The van der Waals surface area contributed by atoms with Crippen LogP contribution in [0.3, 0.4) is 0 Å². The van der Waals surface area contributed by atoms with Crippen molar-refractivity contribution in [1.29, 1.82) is 0 Å². The minimum absolute atomic E-state index is 0.431. The smallest absolute Gasteiger partial charge is 0.120 e. The lowest BCUT2D eigenvalue weighted by Gasteiger charge is -2.24. The van der Waals surface area contributed by atoms with E-state index in [0.29, 0.717) is 6.54 Å². The summed E-state index contributed by atoms with van der Waals surface area (Å²) in [5, 5.41) is 12.9. The number of aliphatic hydroxyl groups is 1. The van der Waals surface area contributed by atoms with E-state index >= 15 is 0 Å². The lowest BCUT2D eigenvalue weighted by Crippen LogP contribution is -2.28. The fourth-order valence-electron chi connectivity index (χ4n) is 1.73. The number of hydrogen-bond acceptors (Lipinski definition) is 3. The summed E-state index contributed by atoms with van der Waals surface area (Å²) in [5.74, 6) is 0.812. The van der Waals surface area contributed by atoms with E-state index < -0.39 is 6.10 Å². The summed E-state index contributed by atoms with van der Waals surface area (Å²) in [6.07, 6.45) is -0.431. The van der Waals surface area contributed by atoms with Gasteiger partial charge in [-0.1, -0.05) is 15.9 Å². The minimum Gasteiger partial charge on any atom is -0.497 e. The maximum atomic E-state index is 9.77. The van der Waals surface area contributed by atoms with E-state index in [-0.39, 0.29) is 0 Å². The van der Waals surface area contributed by atoms with E-state index in [1.54, 1.807) is 7.11 Å². The molecule has 0 fully saturated rings. The van der Waals surface area contributed by atoms with Gasteiger partial charge < -0.3 is 15.2 Å². The first kappa shape index (κ1) is 9.96. The molecule has 0 saturated carbocycles. The van der Waals surface area contributed by atoms with Crippen LogP contribution in [0.2, 0.25) is 0 Å². The fraction of sp³-hybridized carbons (Fsp3) is 0.400. The van der Waals surface area contributed by atoms with Crippen molar-refractivity contribution < 1.29 is 9.84 Å². The van der Waals surface area contributed by atoms with Crippen LogP contribution in [-0.2, 0) is 6.54 Å². The van der Waals surface area contributed by atoms with Crippen LogP contribution in [0, 0.1) is 0 Å². The summed E-state index contributed by atoms with van der Waals surface area (Å²) in [6, 6.07) is 3.84. The highest BCUT2D eigenvalue weighted by Gasteiger charge is 2.21. The fourth-order valence-corrected chi connectivity index (χ4v) is 2.47. The first-order chi connectivity index (χ1) is 6.72. The number of rotatable bonds is 1. The highest BCUT2D eigenvalue weighted by molar-refractivity contribution is 9.10. The van der Waals surface area contributed by atoms with Gasteiger partial charge in [0, 0.05) is 23.1 Å². The van der Waals surface area contributed by atoms with Crippen LogP contribution in [0.1, 0.15) is 17.2 Å². The molecule has 1 aliphatic heterocycles. The Hall–Kier alpha value is -0.580. The zero-order valence-corrected chi connectivity index (χ0v) is 9.47. The molecule has 76 valence electrons. The zero-order valence-electron chi connectivity index (χ0n) is 7.88. The van der Waals surface area contributed by atoms with E-state index in [4.69, 9.17) is 4.74 Å². The molecule has 1 aliphatic rings. The largest absolute Gasteiger partial charge is 0.497 e. The van der Waals surface area contributed by atoms with Crippen LogP contribution in [0.5, 0.6) is 5.75 Å². The third kappa shape index (κ3) is 1.65. The van der Waals surface area contributed by atoms with Gasteiger partial charge in [-0.15, -0.1) is 0 Å². The first-order valence-corrected chi connectivity index (χ1v) is 5.26. The molecule has 1 aromatic carbocycles. The van der Waals surface area contributed by atoms with Gasteiger partial charge in [0.25, 0.3) is 0 Å². The molecule has 1 aromatic rings. The highest BCUT2D eigenvalue weighted by Crippen LogP contribution is 2.33. The van der Waals surface area contributed by atoms with E-state index in [1.807, 2.05) is 12.1 Å². The molecule has 2 N–H and O–H groups in total. The van der Waals surface area contributed by atoms with Gasteiger partial charge >= 0.3 is 0 Å². The normalized spacial score (nSPS) is 20.4. The first-order valence-electron chi connectivity index (χ1n) is 4.47. The predicted octanol–water partition coefficient (Wildman–Crippen LogP) is 1.59. The third-order valence-electron chi connectivity index (χ3n) is 2.41. The number of β-amino-alcohol motifs (C(OH)–C–C–N with tert-alkyl or cyclic N) is 1. The number of halogens is 1. The highest BCUT2D eigenvalue weighted by atomic mass is 79.9. The van der Waals surface area contributed by atoms with Crippen LogP contribution in [0.15, 0.2) is 16.6 Å². The van der Waals surface area contributed by atoms with Gasteiger partial charge in [0.15, 0.2) is 0 Å². The Morgan fingerprint density at radius 3 is 3.07 bits per heavy atom. The van der Waals surface area contributed by atoms with Gasteiger partial charge in [-0.25, -0.2) is 0 Å². The maximum Gasteiger partial charge on any atom is 0.120 e. The quantitative estimate of drug-likeness (QED) is 0.803. The van der Waals surface area contributed by atoms with Gasteiger partial charge in [0.1, 0.15) is 5.75 Å². The van der Waals surface area contributed by atoms with Gasteiger partial charge in [-0.3, -0.25) is 0 Å². The van der Waals surface area contributed by atoms with Crippen molar-refractivity contribution in [3.8, 4) is 5.75 Å². The average molecular weight is 258 g/mol. The molecule has 1 unspecified atom stereocenters. The van der Waals surface area contributed by atoms with Gasteiger partial charge in [0.05, 0.1) is 13.2 Å². The Morgan fingerprint density at radius 1 is 1.57 bits per heavy atom. The molecule has 0 radical (unpaired) electrons. The van der Waals surface area contributed by atoms with Gasteiger partial charge in [-0.2, -0.15) is 0 Å². The molecule has 1 heterocycles. The number of benzene rings is 1. The lowest BCUT2D eigenvalue weighted by atomic mass is 9.98. The number of methoxy groups -OCH3 is 1. The number of aliphatic hydroxyl groups excluding tert-OH is 1. The van der Waals surface area contributed by atoms with Crippen molar-refractivity contribution in [3.05, 3.63) is 27.7 Å². The standard InChI is InChI=1S/C10H12BrNO2/c1-14-7-2-6-4-12-5-9(13)10(6)8(11)3-7/h2-3,9,12-13H,4-5H2,1H3. The molecule has 0 amide bonds. The molecular weight excluding hydrogens is 246 g/mol. The molecule has 14 heavy (non-hydrogen) atoms. The van der Waals surface area contributed by atoms with Crippen LogP contribution in [0.25, 0.3) is 0 Å². The summed E-state index contributed by atoms with van der Waals surface area (Å²) in [4.78, 5) is 0. The molecule has 0 bridgehead atoms. The van der Waals surface area contributed by atoms with Gasteiger partial charge in [-0.05, 0) is 17.7 Å². The summed E-state index contributed by atoms with van der Waals surface area (Å²) in [7, 11) is 1.64. The maximum absolute atomic E-state index is 9.77. The zero-order chi connectivity index (χ0) is 10.1. The number of fused-ring (bicyclic) bond motifs is 1. The Kier molecular flexibility index (Phi) is 2.76. The predicted molar refractivity (Wildman–Crippen MR) is 57.4 cm³/mol. The Morgan fingerprint density at radius 2 is 2.36 bits per heavy atom. The monoisotopic (exact) mass is 257 g/mol. The Bertz CT molecular complexity index is 354. The topological polar surface area (TPSA) is 41.5 Å². The number of hydrogen-bond donors (Lipinski definition) is 2. The van der Waals surface area contributed by atoms with Crippen molar-refractivity contribution in [1.82, 2.24) is 5.32 Å². The Labute approximate surface area is 91.2 Å². The van der Waals surface area contributed by atoms with Crippen LogP contribution in [-0.4, -0.2) is 18.8 Å². The van der Waals surface area contributed by atoms with Crippen molar-refractivity contribution >= 4 is 15.9 Å². The molecule has 0 spiro atoms. The van der Waals surface area contributed by atoms with E-state index in [2.05, 4.69) is 21.2 Å². The molecule has 2 rings (SSSR count). The van der Waals surface area contributed by atoms with Gasteiger partial charge in [0.2, 0.25) is 0 Å². The second-order valence-corrected chi connectivity index (χ2v) is 4.18. The van der Waals surface area contributed by atoms with Crippen molar-refractivity contribution in [2.45, 2.75) is 12.6 Å². The molecule has 1 atom stereocenters. The average Bonchev–Trinajstić information content (AvgIpc) is 2.17. The summed E-state index contributed by atoms with van der Waals surface area (Å²) in [6.45, 7) is 1.39. The molecule has 4 heteroatoms. The molecule has 0 aliphatic carbocycles. The molecule has 0 saturated heterocycles.